The molecule has 0 saturated carbocycles. The van der Waals surface area contributed by atoms with Crippen molar-refractivity contribution < 1.29 is 5.11 Å². The Morgan fingerprint density at radius 2 is 1.81 bits per heavy atom. The second kappa shape index (κ2) is 6.23. The fourth-order valence-electron chi connectivity index (χ4n) is 1.07. The third kappa shape index (κ3) is 3.61. The van der Waals surface area contributed by atoms with Gasteiger partial charge in [0, 0.05) is 10.6 Å². The molecule has 0 radical (unpaired) electrons. The van der Waals surface area contributed by atoms with E-state index in [4.69, 9.17) is 34.8 Å². The minimum absolute atomic E-state index is 0.0776. The first kappa shape index (κ1) is 14.3. The summed E-state index contributed by atoms with van der Waals surface area (Å²) in [5.74, 6) is 0.461. The van der Waals surface area contributed by atoms with Gasteiger partial charge in [0.2, 0.25) is 0 Å². The lowest BCUT2D eigenvalue weighted by molar-refractivity contribution is -0.207. The smallest absolute Gasteiger partial charge is 0.0672 e. The molecule has 0 saturated heterocycles. The van der Waals surface area contributed by atoms with Crippen LogP contribution in [0.15, 0.2) is 12.1 Å². The zero-order chi connectivity index (χ0) is 12.3. The first-order valence-electron chi connectivity index (χ1n) is 4.78. The summed E-state index contributed by atoms with van der Waals surface area (Å²) in [6, 6.07) is 3.18. The van der Waals surface area contributed by atoms with Crippen LogP contribution in [-0.2, 0) is 0 Å². The Bertz CT molecular complexity index is 416. The van der Waals surface area contributed by atoms with E-state index in [1.807, 2.05) is 0 Å². The quantitative estimate of drug-likeness (QED) is 0.608. The molecule has 88 valence electrons. The minimum atomic E-state index is -0.0776. The highest BCUT2D eigenvalue weighted by molar-refractivity contribution is 7.40. The van der Waals surface area contributed by atoms with Gasteiger partial charge in [0.15, 0.2) is 0 Å². The lowest BCUT2D eigenvalue weighted by Gasteiger charge is -2.16. The van der Waals surface area contributed by atoms with Crippen molar-refractivity contribution in [3.05, 3.63) is 32.8 Å². The normalized spacial score (nSPS) is 12.3. The van der Waals surface area contributed by atoms with E-state index >= 15 is 0 Å². The second-order valence-corrected chi connectivity index (χ2v) is 6.04. The number of halogens is 3. The van der Waals surface area contributed by atoms with Crippen LogP contribution in [0.25, 0.3) is 0 Å². The Morgan fingerprint density at radius 3 is 2.38 bits per heavy atom. The molecule has 1 aromatic rings. The highest BCUT2D eigenvalue weighted by Crippen LogP contribution is 2.32. The Labute approximate surface area is 112 Å². The van der Waals surface area contributed by atoms with Gasteiger partial charge in [-0.3, -0.25) is 0 Å². The van der Waals surface area contributed by atoms with Crippen molar-refractivity contribution in [1.82, 2.24) is 0 Å². The molecular formula is C11H11Cl3OP-. The van der Waals surface area contributed by atoms with E-state index in [1.165, 1.54) is 0 Å². The standard InChI is InChI=1S/C11H12Cl3OP/c1-6(2)5-16-11(15)9-7(12)3-4-8(13)10(9)14/h3-4,6,15H,5H2,1-2H3/p-1. The summed E-state index contributed by atoms with van der Waals surface area (Å²) in [7, 11) is 0.697. The lowest BCUT2D eigenvalue weighted by Crippen LogP contribution is -2.18. The van der Waals surface area contributed by atoms with Gasteiger partial charge in [0.25, 0.3) is 0 Å². The van der Waals surface area contributed by atoms with Gasteiger partial charge in [-0.2, -0.15) is 0 Å². The number of hydrogen-bond donors (Lipinski definition) is 0. The predicted octanol–water partition coefficient (Wildman–Crippen LogP) is 4.09. The minimum Gasteiger partial charge on any atom is -0.823 e. The molecule has 0 amide bonds. The van der Waals surface area contributed by atoms with Crippen LogP contribution in [0, 0.1) is 5.92 Å². The molecule has 0 N–H and O–H groups in total. The van der Waals surface area contributed by atoms with Crippen LogP contribution in [0.5, 0.6) is 0 Å². The first-order valence-corrected chi connectivity index (χ1v) is 7.00. The van der Waals surface area contributed by atoms with Gasteiger partial charge in [-0.25, -0.2) is 0 Å². The van der Waals surface area contributed by atoms with Crippen LogP contribution in [0.2, 0.25) is 15.1 Å². The molecular weight excluding hydrogens is 285 g/mol. The molecule has 1 nitrogen and oxygen atoms in total. The number of hydrogen-bond acceptors (Lipinski definition) is 1. The van der Waals surface area contributed by atoms with Crippen molar-refractivity contribution in [1.29, 1.82) is 0 Å². The second-order valence-electron chi connectivity index (χ2n) is 3.76. The van der Waals surface area contributed by atoms with Crippen molar-refractivity contribution >= 4 is 48.5 Å². The van der Waals surface area contributed by atoms with Crippen molar-refractivity contribution in [3.8, 4) is 0 Å². The number of rotatable bonds is 3. The highest BCUT2D eigenvalue weighted by Gasteiger charge is 2.08. The molecule has 0 atom stereocenters. The summed E-state index contributed by atoms with van der Waals surface area (Å²) >= 11 is 17.8. The van der Waals surface area contributed by atoms with Crippen molar-refractivity contribution in [2.75, 3.05) is 6.16 Å². The SMILES string of the molecule is CC(C)CP=C([O-])c1c(Cl)ccc(Cl)c1Cl. The average Bonchev–Trinajstić information content (AvgIpc) is 2.21. The zero-order valence-electron chi connectivity index (χ0n) is 8.93. The van der Waals surface area contributed by atoms with Gasteiger partial charge in [0.05, 0.1) is 10.0 Å². The largest absolute Gasteiger partial charge is 0.823 e. The molecule has 0 aliphatic heterocycles. The van der Waals surface area contributed by atoms with Crippen LogP contribution in [0.1, 0.15) is 19.4 Å². The van der Waals surface area contributed by atoms with Crippen molar-refractivity contribution in [2.45, 2.75) is 13.8 Å². The van der Waals surface area contributed by atoms with E-state index in [2.05, 4.69) is 13.8 Å². The molecule has 0 bridgehead atoms. The molecule has 0 aromatic heterocycles. The van der Waals surface area contributed by atoms with Crippen molar-refractivity contribution in [2.24, 2.45) is 5.92 Å². The molecule has 1 aromatic carbocycles. The topological polar surface area (TPSA) is 23.1 Å². The van der Waals surface area contributed by atoms with E-state index in [9.17, 15) is 5.11 Å². The Kier molecular flexibility index (Phi) is 5.56. The summed E-state index contributed by atoms with van der Waals surface area (Å²) in [6.45, 7) is 4.11. The number of benzene rings is 1. The van der Waals surface area contributed by atoms with Crippen LogP contribution in [-0.4, -0.2) is 11.6 Å². The Hall–Kier alpha value is 0.220. The Balaban J connectivity index is 3.12. The molecule has 0 heterocycles. The van der Waals surface area contributed by atoms with Crippen LogP contribution >= 0.6 is 43.0 Å². The van der Waals surface area contributed by atoms with E-state index < -0.39 is 0 Å². The summed E-state index contributed by atoms with van der Waals surface area (Å²) in [6.07, 6.45) is 0.790. The lowest BCUT2D eigenvalue weighted by atomic mass is 10.2. The molecule has 0 unspecified atom stereocenters. The predicted molar refractivity (Wildman–Crippen MR) is 72.2 cm³/mol. The van der Waals surface area contributed by atoms with E-state index in [1.54, 1.807) is 12.1 Å². The molecule has 1 rings (SSSR count). The summed E-state index contributed by atoms with van der Waals surface area (Å²) < 4.78 is 0. The maximum Gasteiger partial charge on any atom is 0.0672 e. The molecule has 0 fully saturated rings. The maximum absolute atomic E-state index is 11.9. The van der Waals surface area contributed by atoms with Gasteiger partial charge in [-0.15, -0.1) is 13.7 Å². The average molecular weight is 297 g/mol. The van der Waals surface area contributed by atoms with Gasteiger partial charge in [-0.1, -0.05) is 48.7 Å². The van der Waals surface area contributed by atoms with E-state index in [-0.39, 0.29) is 10.5 Å². The molecule has 0 aliphatic rings. The fraction of sp³-hybridized carbons (Fsp3) is 0.364. The van der Waals surface area contributed by atoms with Gasteiger partial charge >= 0.3 is 0 Å². The van der Waals surface area contributed by atoms with Gasteiger partial charge in [0.1, 0.15) is 0 Å². The molecule has 0 spiro atoms. The third-order valence-corrected chi connectivity index (χ3v) is 4.40. The van der Waals surface area contributed by atoms with E-state index in [0.717, 1.165) is 6.16 Å². The van der Waals surface area contributed by atoms with Crippen molar-refractivity contribution in [3.63, 3.8) is 0 Å². The molecule has 0 aliphatic carbocycles. The van der Waals surface area contributed by atoms with Crippen LogP contribution in [0.3, 0.4) is 0 Å². The molecule has 16 heavy (non-hydrogen) atoms. The zero-order valence-corrected chi connectivity index (χ0v) is 12.1. The Morgan fingerprint density at radius 1 is 1.25 bits per heavy atom. The monoisotopic (exact) mass is 295 g/mol. The van der Waals surface area contributed by atoms with Gasteiger partial charge < -0.3 is 5.11 Å². The fourth-order valence-corrected chi connectivity index (χ4v) is 2.82. The summed E-state index contributed by atoms with van der Waals surface area (Å²) in [5, 5.41) is 12.9. The maximum atomic E-state index is 11.9. The van der Waals surface area contributed by atoms with E-state index in [0.29, 0.717) is 29.7 Å². The van der Waals surface area contributed by atoms with Crippen LogP contribution < -0.4 is 5.11 Å². The third-order valence-electron chi connectivity index (χ3n) is 1.86. The first-order chi connectivity index (χ1) is 7.43. The van der Waals surface area contributed by atoms with Gasteiger partial charge in [-0.05, 0) is 24.2 Å². The highest BCUT2D eigenvalue weighted by atomic mass is 35.5. The van der Waals surface area contributed by atoms with Crippen LogP contribution in [0.4, 0.5) is 0 Å². The summed E-state index contributed by atoms with van der Waals surface area (Å²) in [4.78, 5) is 0. The molecule has 5 heteroatoms. The summed E-state index contributed by atoms with van der Waals surface area (Å²) in [5.41, 5.74) is 0.254.